The van der Waals surface area contributed by atoms with Crippen molar-refractivity contribution in [3.05, 3.63) is 29.1 Å². The van der Waals surface area contributed by atoms with E-state index in [0.29, 0.717) is 16.9 Å². The molecule has 0 aliphatic heterocycles. The molecule has 0 aliphatic carbocycles. The van der Waals surface area contributed by atoms with Gasteiger partial charge in [0.05, 0.1) is 7.11 Å². The Bertz CT molecular complexity index is 570. The molecular weight excluding hydrogens is 299 g/mol. The van der Waals surface area contributed by atoms with Crippen LogP contribution in [0.25, 0.3) is 0 Å². The highest BCUT2D eigenvalue weighted by molar-refractivity contribution is 5.68. The average molecular weight is 326 g/mol. The summed E-state index contributed by atoms with van der Waals surface area (Å²) in [6.45, 7) is 9.28. The highest BCUT2D eigenvalue weighted by Gasteiger charge is 2.31. The molecular formula is C17H27FN2O3. The molecule has 5 nitrogen and oxygen atoms in total. The van der Waals surface area contributed by atoms with Crippen LogP contribution in [0.5, 0.6) is 5.75 Å². The molecule has 0 aliphatic rings. The Morgan fingerprint density at radius 3 is 2.39 bits per heavy atom. The topological polar surface area (TPSA) is 73.6 Å². The quantitative estimate of drug-likeness (QED) is 0.872. The maximum absolute atomic E-state index is 14.0. The average Bonchev–Trinajstić information content (AvgIpc) is 2.45. The number of ether oxygens (including phenoxy) is 2. The smallest absolute Gasteiger partial charge is 0.407 e. The van der Waals surface area contributed by atoms with E-state index in [0.717, 1.165) is 0 Å². The number of methoxy groups -OCH3 is 1. The van der Waals surface area contributed by atoms with E-state index in [2.05, 4.69) is 5.32 Å². The number of rotatable bonds is 5. The van der Waals surface area contributed by atoms with Crippen LogP contribution in [0.15, 0.2) is 12.1 Å². The van der Waals surface area contributed by atoms with Crippen LogP contribution in [-0.2, 0) is 10.2 Å². The van der Waals surface area contributed by atoms with Gasteiger partial charge in [0.1, 0.15) is 17.2 Å². The van der Waals surface area contributed by atoms with E-state index in [-0.39, 0.29) is 18.9 Å². The van der Waals surface area contributed by atoms with Crippen LogP contribution in [0.1, 0.15) is 38.8 Å². The van der Waals surface area contributed by atoms with Crippen molar-refractivity contribution in [2.75, 3.05) is 20.2 Å². The lowest BCUT2D eigenvalue weighted by atomic mass is 9.81. The molecule has 0 saturated carbocycles. The van der Waals surface area contributed by atoms with Gasteiger partial charge < -0.3 is 20.5 Å². The molecule has 1 unspecified atom stereocenters. The van der Waals surface area contributed by atoms with E-state index in [1.165, 1.54) is 13.2 Å². The van der Waals surface area contributed by atoms with Crippen molar-refractivity contribution in [1.29, 1.82) is 0 Å². The van der Waals surface area contributed by atoms with Crippen molar-refractivity contribution >= 4 is 6.09 Å². The summed E-state index contributed by atoms with van der Waals surface area (Å²) in [7, 11) is 1.52. The molecule has 130 valence electrons. The van der Waals surface area contributed by atoms with Crippen molar-refractivity contribution < 1.29 is 18.7 Å². The first-order chi connectivity index (χ1) is 10.5. The zero-order valence-corrected chi connectivity index (χ0v) is 14.7. The minimum absolute atomic E-state index is 0.206. The van der Waals surface area contributed by atoms with E-state index in [1.54, 1.807) is 33.8 Å². The number of alkyl carbamates (subject to hydrolysis) is 1. The van der Waals surface area contributed by atoms with Gasteiger partial charge in [-0.25, -0.2) is 9.18 Å². The number of nitrogens with one attached hydrogen (secondary N) is 1. The van der Waals surface area contributed by atoms with Crippen molar-refractivity contribution in [1.82, 2.24) is 5.32 Å². The van der Waals surface area contributed by atoms with Crippen molar-refractivity contribution in [2.45, 2.75) is 45.6 Å². The van der Waals surface area contributed by atoms with Gasteiger partial charge in [0.15, 0.2) is 0 Å². The first-order valence-electron chi connectivity index (χ1n) is 7.54. The van der Waals surface area contributed by atoms with Gasteiger partial charge in [0.2, 0.25) is 0 Å². The summed E-state index contributed by atoms with van der Waals surface area (Å²) in [5, 5.41) is 2.70. The molecule has 0 bridgehead atoms. The predicted molar refractivity (Wildman–Crippen MR) is 88.3 cm³/mol. The van der Waals surface area contributed by atoms with Crippen LogP contribution in [0, 0.1) is 12.7 Å². The van der Waals surface area contributed by atoms with E-state index in [4.69, 9.17) is 15.2 Å². The van der Waals surface area contributed by atoms with Gasteiger partial charge >= 0.3 is 6.09 Å². The summed E-state index contributed by atoms with van der Waals surface area (Å²) >= 11 is 0. The third-order valence-corrected chi connectivity index (χ3v) is 3.60. The van der Waals surface area contributed by atoms with Crippen LogP contribution < -0.4 is 15.8 Å². The largest absolute Gasteiger partial charge is 0.496 e. The molecule has 0 radical (unpaired) electrons. The number of carbonyl (C=O) groups is 1. The fourth-order valence-corrected chi connectivity index (χ4v) is 2.15. The van der Waals surface area contributed by atoms with E-state index in [9.17, 15) is 9.18 Å². The Kier molecular flexibility index (Phi) is 5.99. The Balaban J connectivity index is 3.01. The lowest BCUT2D eigenvalue weighted by molar-refractivity contribution is 0.0516. The number of hydrogen-bond acceptors (Lipinski definition) is 4. The molecule has 0 heterocycles. The Labute approximate surface area is 137 Å². The van der Waals surface area contributed by atoms with Gasteiger partial charge in [-0.1, -0.05) is 6.92 Å². The number of hydrogen-bond donors (Lipinski definition) is 2. The minimum Gasteiger partial charge on any atom is -0.496 e. The highest BCUT2D eigenvalue weighted by atomic mass is 19.1. The summed E-state index contributed by atoms with van der Waals surface area (Å²) in [4.78, 5) is 11.8. The van der Waals surface area contributed by atoms with Gasteiger partial charge in [-0.05, 0) is 45.4 Å². The third kappa shape index (κ3) is 5.10. The molecule has 1 atom stereocenters. The number of aryl methyl sites for hydroxylation is 1. The second-order valence-corrected chi connectivity index (χ2v) is 6.92. The second kappa shape index (κ2) is 7.17. The minimum atomic E-state index is -0.684. The molecule has 1 rings (SSSR count). The molecule has 0 aromatic heterocycles. The number of halogens is 1. The monoisotopic (exact) mass is 326 g/mol. The Morgan fingerprint density at radius 2 is 1.91 bits per heavy atom. The van der Waals surface area contributed by atoms with E-state index in [1.807, 2.05) is 6.92 Å². The molecule has 0 spiro atoms. The summed E-state index contributed by atoms with van der Waals surface area (Å²) in [5.74, 6) is 0.209. The molecule has 1 aromatic carbocycles. The Morgan fingerprint density at radius 1 is 1.30 bits per heavy atom. The Hall–Kier alpha value is -1.82. The van der Waals surface area contributed by atoms with E-state index < -0.39 is 17.1 Å². The fraction of sp³-hybridized carbons (Fsp3) is 0.588. The van der Waals surface area contributed by atoms with Gasteiger partial charge in [0, 0.05) is 24.1 Å². The number of amides is 1. The first kappa shape index (κ1) is 19.2. The molecule has 1 aromatic rings. The summed E-state index contributed by atoms with van der Waals surface area (Å²) in [6.07, 6.45) is -0.538. The molecule has 0 saturated heterocycles. The van der Waals surface area contributed by atoms with Gasteiger partial charge in [-0.3, -0.25) is 0 Å². The third-order valence-electron chi connectivity index (χ3n) is 3.60. The number of carbonyl (C=O) groups excluding carboxylic acids is 1. The fourth-order valence-electron chi connectivity index (χ4n) is 2.15. The number of nitrogens with two attached hydrogens (primary N) is 1. The second-order valence-electron chi connectivity index (χ2n) is 6.92. The van der Waals surface area contributed by atoms with Crippen LogP contribution in [0.4, 0.5) is 9.18 Å². The summed E-state index contributed by atoms with van der Waals surface area (Å²) < 4.78 is 24.5. The van der Waals surface area contributed by atoms with Crippen LogP contribution in [0.2, 0.25) is 0 Å². The van der Waals surface area contributed by atoms with Crippen molar-refractivity contribution in [3.63, 3.8) is 0 Å². The number of benzene rings is 1. The maximum atomic E-state index is 14.0. The summed E-state index contributed by atoms with van der Waals surface area (Å²) in [5.41, 5.74) is 5.73. The SMILES string of the molecule is COc1cc(C)c(F)cc1C(C)(CN)CNC(=O)OC(C)(C)C. The zero-order valence-electron chi connectivity index (χ0n) is 14.7. The molecule has 3 N–H and O–H groups in total. The van der Waals surface area contributed by atoms with Crippen molar-refractivity contribution in [2.24, 2.45) is 5.73 Å². The zero-order chi connectivity index (χ0) is 17.8. The van der Waals surface area contributed by atoms with Gasteiger partial charge in [-0.2, -0.15) is 0 Å². The lowest BCUT2D eigenvalue weighted by Gasteiger charge is -2.31. The van der Waals surface area contributed by atoms with Gasteiger partial charge in [-0.15, -0.1) is 0 Å². The summed E-state index contributed by atoms with van der Waals surface area (Å²) in [6, 6.07) is 3.05. The van der Waals surface area contributed by atoms with Crippen molar-refractivity contribution in [3.8, 4) is 5.75 Å². The predicted octanol–water partition coefficient (Wildman–Crippen LogP) is 2.88. The van der Waals surface area contributed by atoms with Crippen LogP contribution >= 0.6 is 0 Å². The standard InChI is InChI=1S/C17H27FN2O3/c1-11-7-14(22-6)12(8-13(11)18)17(5,9-19)10-20-15(21)23-16(2,3)4/h7-8H,9-10,19H2,1-6H3,(H,20,21). The normalized spacial score (nSPS) is 14.1. The molecule has 0 fully saturated rings. The maximum Gasteiger partial charge on any atom is 0.407 e. The van der Waals surface area contributed by atoms with Gasteiger partial charge in [0.25, 0.3) is 0 Å². The van der Waals surface area contributed by atoms with Crippen LogP contribution in [-0.4, -0.2) is 31.9 Å². The lowest BCUT2D eigenvalue weighted by Crippen LogP contribution is -2.45. The molecule has 1 amide bonds. The highest BCUT2D eigenvalue weighted by Crippen LogP contribution is 2.33. The van der Waals surface area contributed by atoms with E-state index >= 15 is 0 Å². The molecule has 23 heavy (non-hydrogen) atoms. The molecule has 6 heteroatoms. The van der Waals surface area contributed by atoms with Crippen LogP contribution in [0.3, 0.4) is 0 Å². The first-order valence-corrected chi connectivity index (χ1v) is 7.54.